The van der Waals surface area contributed by atoms with Crippen molar-refractivity contribution in [2.45, 2.75) is 20.5 Å². The lowest BCUT2D eigenvalue weighted by atomic mass is 10.2. The monoisotopic (exact) mass is 352 g/mol. The van der Waals surface area contributed by atoms with Gasteiger partial charge in [0.2, 0.25) is 0 Å². The predicted molar refractivity (Wildman–Crippen MR) is 97.7 cm³/mol. The van der Waals surface area contributed by atoms with Gasteiger partial charge in [-0.2, -0.15) is 0 Å². The molecule has 6 heteroatoms. The summed E-state index contributed by atoms with van der Waals surface area (Å²) in [4.78, 5) is 12.4. The minimum atomic E-state index is -0.210. The van der Waals surface area contributed by atoms with E-state index < -0.39 is 0 Å². The van der Waals surface area contributed by atoms with Gasteiger partial charge < -0.3 is 19.3 Å². The zero-order chi connectivity index (χ0) is 18.5. The Morgan fingerprint density at radius 3 is 2.54 bits per heavy atom. The summed E-state index contributed by atoms with van der Waals surface area (Å²) in [6.45, 7) is 4.05. The van der Waals surface area contributed by atoms with E-state index in [1.54, 1.807) is 49.6 Å². The number of nitrogens with one attached hydrogen (secondary N) is 1. The van der Waals surface area contributed by atoms with Gasteiger partial charge in [0.25, 0.3) is 5.91 Å². The van der Waals surface area contributed by atoms with Crippen LogP contribution in [0.1, 0.15) is 27.4 Å². The molecule has 3 rings (SSSR count). The normalized spacial score (nSPS) is 10.4. The van der Waals surface area contributed by atoms with Crippen LogP contribution in [0.4, 0.5) is 5.69 Å². The van der Waals surface area contributed by atoms with E-state index in [1.807, 2.05) is 19.9 Å². The van der Waals surface area contributed by atoms with Crippen molar-refractivity contribution < 1.29 is 18.8 Å². The molecule has 0 saturated carbocycles. The van der Waals surface area contributed by atoms with E-state index in [1.165, 1.54) is 0 Å². The minimum Gasteiger partial charge on any atom is -0.497 e. The van der Waals surface area contributed by atoms with Crippen LogP contribution in [-0.2, 0) is 6.61 Å². The number of carbonyl (C=O) groups is 1. The molecule has 0 saturated heterocycles. The highest BCUT2D eigenvalue weighted by Crippen LogP contribution is 2.20. The second kappa shape index (κ2) is 7.74. The zero-order valence-electron chi connectivity index (χ0n) is 14.9. The molecule has 0 unspecified atom stereocenters. The van der Waals surface area contributed by atoms with Gasteiger partial charge in [-0.1, -0.05) is 11.2 Å². The number of ether oxygens (including phenoxy) is 2. The number of hydrogen-bond donors (Lipinski definition) is 1. The molecule has 3 aromatic rings. The molecular formula is C20H20N2O4. The molecule has 0 aliphatic carbocycles. The summed E-state index contributed by atoms with van der Waals surface area (Å²) in [5.74, 6) is 1.86. The Morgan fingerprint density at radius 1 is 1.12 bits per heavy atom. The van der Waals surface area contributed by atoms with Gasteiger partial charge in [0.05, 0.1) is 18.4 Å². The first kappa shape index (κ1) is 17.5. The highest BCUT2D eigenvalue weighted by Gasteiger charge is 2.11. The van der Waals surface area contributed by atoms with Gasteiger partial charge >= 0.3 is 0 Å². The van der Waals surface area contributed by atoms with E-state index in [2.05, 4.69) is 10.5 Å². The van der Waals surface area contributed by atoms with Gasteiger partial charge in [0, 0.05) is 11.3 Å². The van der Waals surface area contributed by atoms with Gasteiger partial charge in [-0.25, -0.2) is 0 Å². The first-order chi connectivity index (χ1) is 12.6. The number of carbonyl (C=O) groups excluding carboxylic acids is 1. The quantitative estimate of drug-likeness (QED) is 0.722. The minimum absolute atomic E-state index is 0.210. The van der Waals surface area contributed by atoms with E-state index in [-0.39, 0.29) is 5.91 Å². The maximum atomic E-state index is 12.4. The molecule has 0 spiro atoms. The van der Waals surface area contributed by atoms with E-state index in [0.717, 1.165) is 22.8 Å². The second-order valence-electron chi connectivity index (χ2n) is 5.80. The molecule has 134 valence electrons. The summed E-state index contributed by atoms with van der Waals surface area (Å²) in [6, 6.07) is 14.2. The molecule has 0 atom stereocenters. The first-order valence-corrected chi connectivity index (χ1v) is 8.17. The van der Waals surface area contributed by atoms with Crippen molar-refractivity contribution in [2.75, 3.05) is 12.4 Å². The average Bonchev–Trinajstić information content (AvgIpc) is 2.98. The lowest BCUT2D eigenvalue weighted by Crippen LogP contribution is -2.12. The number of aromatic nitrogens is 1. The van der Waals surface area contributed by atoms with Gasteiger partial charge in [0.15, 0.2) is 0 Å². The molecule has 1 heterocycles. The Labute approximate surface area is 151 Å². The van der Waals surface area contributed by atoms with Crippen LogP contribution in [0.2, 0.25) is 0 Å². The van der Waals surface area contributed by atoms with Crippen molar-refractivity contribution in [3.63, 3.8) is 0 Å². The molecule has 2 aromatic carbocycles. The molecule has 1 N–H and O–H groups in total. The third kappa shape index (κ3) is 4.03. The number of methoxy groups -OCH3 is 1. The highest BCUT2D eigenvalue weighted by molar-refractivity contribution is 6.04. The number of anilines is 1. The molecule has 0 radical (unpaired) electrons. The Morgan fingerprint density at radius 2 is 1.88 bits per heavy atom. The lowest BCUT2D eigenvalue weighted by molar-refractivity contribution is 0.102. The maximum absolute atomic E-state index is 12.4. The highest BCUT2D eigenvalue weighted by atomic mass is 16.5. The fraction of sp³-hybridized carbons (Fsp3) is 0.200. The van der Waals surface area contributed by atoms with Crippen LogP contribution < -0.4 is 14.8 Å². The molecular weight excluding hydrogens is 332 g/mol. The fourth-order valence-electron chi connectivity index (χ4n) is 2.47. The average molecular weight is 352 g/mol. The third-order valence-electron chi connectivity index (χ3n) is 4.01. The fourth-order valence-corrected chi connectivity index (χ4v) is 2.47. The smallest absolute Gasteiger partial charge is 0.255 e. The van der Waals surface area contributed by atoms with E-state index in [4.69, 9.17) is 14.0 Å². The molecule has 0 fully saturated rings. The van der Waals surface area contributed by atoms with Crippen LogP contribution in [0.25, 0.3) is 0 Å². The third-order valence-corrected chi connectivity index (χ3v) is 4.01. The predicted octanol–water partition coefficient (Wildman–Crippen LogP) is 4.13. The molecule has 0 bridgehead atoms. The van der Waals surface area contributed by atoms with Gasteiger partial charge in [-0.05, 0) is 56.3 Å². The summed E-state index contributed by atoms with van der Waals surface area (Å²) in [5, 5.41) is 6.75. The van der Waals surface area contributed by atoms with Crippen LogP contribution in [0.15, 0.2) is 53.1 Å². The van der Waals surface area contributed by atoms with Crippen LogP contribution in [-0.4, -0.2) is 18.2 Å². The Hall–Kier alpha value is -3.28. The number of aryl methyl sites for hydroxylation is 2. The number of amides is 1. The van der Waals surface area contributed by atoms with E-state index in [9.17, 15) is 4.79 Å². The Bertz CT molecular complexity index is 881. The van der Waals surface area contributed by atoms with E-state index >= 15 is 0 Å². The van der Waals surface area contributed by atoms with Crippen molar-refractivity contribution >= 4 is 11.6 Å². The van der Waals surface area contributed by atoms with Gasteiger partial charge in [0.1, 0.15) is 23.9 Å². The number of hydrogen-bond acceptors (Lipinski definition) is 5. The molecule has 0 aliphatic heterocycles. The number of nitrogens with zero attached hydrogens (tertiary/aromatic N) is 1. The summed E-state index contributed by atoms with van der Waals surface area (Å²) in [5.41, 5.74) is 2.92. The molecule has 6 nitrogen and oxygen atoms in total. The largest absolute Gasteiger partial charge is 0.497 e. The number of rotatable bonds is 6. The molecule has 0 aliphatic rings. The second-order valence-corrected chi connectivity index (χ2v) is 5.80. The van der Waals surface area contributed by atoms with E-state index in [0.29, 0.717) is 23.6 Å². The Balaban J connectivity index is 1.66. The number of benzene rings is 2. The summed E-state index contributed by atoms with van der Waals surface area (Å²) in [6.07, 6.45) is 0. The standard InChI is InChI=1S/C20H20N2O4/c1-13-19(14(2)26-22-13)12-25-18-6-4-5-15(11-18)20(23)21-16-7-9-17(24-3)10-8-16/h4-11H,12H2,1-3H3,(H,21,23). The summed E-state index contributed by atoms with van der Waals surface area (Å²) < 4.78 is 16.0. The molecule has 1 amide bonds. The summed E-state index contributed by atoms with van der Waals surface area (Å²) in [7, 11) is 1.60. The van der Waals surface area contributed by atoms with Crippen LogP contribution in [0.5, 0.6) is 11.5 Å². The summed E-state index contributed by atoms with van der Waals surface area (Å²) >= 11 is 0. The van der Waals surface area contributed by atoms with Crippen molar-refractivity contribution in [1.82, 2.24) is 5.16 Å². The van der Waals surface area contributed by atoms with Crippen molar-refractivity contribution in [2.24, 2.45) is 0 Å². The maximum Gasteiger partial charge on any atom is 0.255 e. The molecule has 1 aromatic heterocycles. The Kier molecular flexibility index (Phi) is 5.22. The van der Waals surface area contributed by atoms with Crippen molar-refractivity contribution in [3.05, 3.63) is 71.1 Å². The van der Waals surface area contributed by atoms with Crippen molar-refractivity contribution in [1.29, 1.82) is 0 Å². The SMILES string of the molecule is COc1ccc(NC(=O)c2cccc(OCc3c(C)noc3C)c2)cc1. The lowest BCUT2D eigenvalue weighted by Gasteiger charge is -2.09. The van der Waals surface area contributed by atoms with Crippen LogP contribution in [0.3, 0.4) is 0 Å². The molecule has 26 heavy (non-hydrogen) atoms. The van der Waals surface area contributed by atoms with Gasteiger partial charge in [-0.15, -0.1) is 0 Å². The first-order valence-electron chi connectivity index (χ1n) is 8.17. The van der Waals surface area contributed by atoms with Gasteiger partial charge in [-0.3, -0.25) is 4.79 Å². The van der Waals surface area contributed by atoms with Crippen LogP contribution in [0, 0.1) is 13.8 Å². The topological polar surface area (TPSA) is 73.6 Å². The zero-order valence-corrected chi connectivity index (χ0v) is 14.9. The van der Waals surface area contributed by atoms with Crippen molar-refractivity contribution in [3.8, 4) is 11.5 Å². The van der Waals surface area contributed by atoms with Crippen LogP contribution >= 0.6 is 0 Å².